The van der Waals surface area contributed by atoms with E-state index in [1.54, 1.807) is 12.3 Å². The van der Waals surface area contributed by atoms with Crippen LogP contribution in [0.5, 0.6) is 0 Å². The number of hydrogen-bond donors (Lipinski definition) is 1. The Morgan fingerprint density at radius 3 is 2.71 bits per heavy atom. The Morgan fingerprint density at radius 2 is 2.10 bits per heavy atom. The summed E-state index contributed by atoms with van der Waals surface area (Å²) in [5, 5.41) is 3.78. The fourth-order valence-electron chi connectivity index (χ4n) is 2.48. The molecule has 2 heterocycles. The molecule has 6 nitrogen and oxygen atoms in total. The van der Waals surface area contributed by atoms with Crippen molar-refractivity contribution in [2.45, 2.75) is 52.1 Å². The molecule has 1 aromatic heterocycles. The number of ether oxygens (including phenoxy) is 1. The summed E-state index contributed by atoms with van der Waals surface area (Å²) in [6, 6.07) is 0.613. The van der Waals surface area contributed by atoms with E-state index in [9.17, 15) is 9.59 Å². The molecule has 7 heteroatoms. The molecule has 2 atom stereocenters. The zero-order chi connectivity index (χ0) is 15.4. The van der Waals surface area contributed by atoms with Gasteiger partial charge in [0, 0.05) is 17.5 Å². The van der Waals surface area contributed by atoms with E-state index in [2.05, 4.69) is 24.3 Å². The molecule has 1 aromatic rings. The molecule has 0 spiro atoms. The van der Waals surface area contributed by atoms with Gasteiger partial charge in [0.2, 0.25) is 5.01 Å². The SMILES string of the molecule is CCOC(=O)c1nc(C(=O)NN2C(C)CCCC2C)cs1. The third-order valence-electron chi connectivity index (χ3n) is 3.61. The zero-order valence-electron chi connectivity index (χ0n) is 12.6. The number of nitrogens with zero attached hydrogens (tertiary/aromatic N) is 2. The van der Waals surface area contributed by atoms with Gasteiger partial charge < -0.3 is 4.74 Å². The first-order chi connectivity index (χ1) is 10.0. The number of thiazole rings is 1. The van der Waals surface area contributed by atoms with E-state index in [-0.39, 0.29) is 16.6 Å². The van der Waals surface area contributed by atoms with Crippen LogP contribution in [0.2, 0.25) is 0 Å². The highest BCUT2D eigenvalue weighted by atomic mass is 32.1. The number of carbonyl (C=O) groups is 2. The van der Waals surface area contributed by atoms with Crippen LogP contribution in [0.25, 0.3) is 0 Å². The second kappa shape index (κ2) is 7.00. The van der Waals surface area contributed by atoms with E-state index < -0.39 is 5.97 Å². The summed E-state index contributed by atoms with van der Waals surface area (Å²) < 4.78 is 4.87. The minimum absolute atomic E-state index is 0.210. The van der Waals surface area contributed by atoms with Gasteiger partial charge in [0.15, 0.2) is 0 Å². The van der Waals surface area contributed by atoms with Crippen LogP contribution in [-0.4, -0.2) is 40.6 Å². The van der Waals surface area contributed by atoms with Crippen molar-refractivity contribution < 1.29 is 14.3 Å². The highest BCUT2D eigenvalue weighted by molar-refractivity contribution is 7.11. The normalized spacial score (nSPS) is 22.8. The summed E-state index contributed by atoms with van der Waals surface area (Å²) in [5.74, 6) is -0.761. The van der Waals surface area contributed by atoms with Gasteiger partial charge in [0.25, 0.3) is 5.91 Å². The summed E-state index contributed by atoms with van der Waals surface area (Å²) in [4.78, 5) is 27.8. The van der Waals surface area contributed by atoms with Gasteiger partial charge in [-0.3, -0.25) is 10.2 Å². The van der Waals surface area contributed by atoms with Crippen LogP contribution >= 0.6 is 11.3 Å². The third-order valence-corrected chi connectivity index (χ3v) is 4.43. The maximum absolute atomic E-state index is 12.2. The van der Waals surface area contributed by atoms with E-state index in [1.165, 1.54) is 6.42 Å². The number of hydrogen-bond acceptors (Lipinski definition) is 6. The van der Waals surface area contributed by atoms with E-state index in [4.69, 9.17) is 4.74 Å². The summed E-state index contributed by atoms with van der Waals surface area (Å²) in [6.45, 7) is 6.23. The molecule has 116 valence electrons. The average molecular weight is 311 g/mol. The molecular formula is C14H21N3O3S. The summed E-state index contributed by atoms with van der Waals surface area (Å²) in [5.41, 5.74) is 3.16. The third kappa shape index (κ3) is 3.79. The number of esters is 1. The van der Waals surface area contributed by atoms with Crippen LogP contribution < -0.4 is 5.43 Å². The van der Waals surface area contributed by atoms with Crippen LogP contribution in [0.4, 0.5) is 0 Å². The Labute approximate surface area is 128 Å². The number of rotatable bonds is 4. The number of amides is 1. The fourth-order valence-corrected chi connectivity index (χ4v) is 3.17. The molecule has 0 saturated carbocycles. The molecule has 21 heavy (non-hydrogen) atoms. The number of piperidine rings is 1. The highest BCUT2D eigenvalue weighted by Crippen LogP contribution is 2.20. The second-order valence-electron chi connectivity index (χ2n) is 5.24. The lowest BCUT2D eigenvalue weighted by Gasteiger charge is -2.38. The van der Waals surface area contributed by atoms with Crippen LogP contribution in [0, 0.1) is 0 Å². The van der Waals surface area contributed by atoms with Crippen LogP contribution in [0.1, 0.15) is 60.3 Å². The Balaban J connectivity index is 2.01. The van der Waals surface area contributed by atoms with E-state index in [0.29, 0.717) is 18.7 Å². The molecule has 1 saturated heterocycles. The number of nitrogens with one attached hydrogen (secondary N) is 1. The number of aromatic nitrogens is 1. The highest BCUT2D eigenvalue weighted by Gasteiger charge is 2.27. The van der Waals surface area contributed by atoms with Crippen LogP contribution in [0.15, 0.2) is 5.38 Å². The quantitative estimate of drug-likeness (QED) is 0.863. The van der Waals surface area contributed by atoms with Gasteiger partial charge in [-0.1, -0.05) is 6.42 Å². The molecular weight excluding hydrogens is 290 g/mol. The number of hydrazine groups is 1. The van der Waals surface area contributed by atoms with Gasteiger partial charge in [-0.15, -0.1) is 11.3 Å². The lowest BCUT2D eigenvalue weighted by atomic mass is 10.00. The summed E-state index contributed by atoms with van der Waals surface area (Å²) in [6.07, 6.45) is 3.31. The molecule has 2 rings (SSSR count). The van der Waals surface area contributed by atoms with Crippen molar-refractivity contribution in [1.29, 1.82) is 0 Å². The van der Waals surface area contributed by atoms with E-state index in [1.807, 2.05) is 5.01 Å². The maximum Gasteiger partial charge on any atom is 0.367 e. The van der Waals surface area contributed by atoms with Gasteiger partial charge in [0.05, 0.1) is 6.61 Å². The molecule has 1 amide bonds. The predicted octanol–water partition coefficient (Wildman–Crippen LogP) is 2.23. The van der Waals surface area contributed by atoms with E-state index >= 15 is 0 Å². The average Bonchev–Trinajstić information content (AvgIpc) is 2.93. The Morgan fingerprint density at radius 1 is 1.43 bits per heavy atom. The van der Waals surface area contributed by atoms with Crippen LogP contribution in [-0.2, 0) is 4.74 Å². The second-order valence-corrected chi connectivity index (χ2v) is 6.09. The first-order valence-corrected chi connectivity index (χ1v) is 8.12. The van der Waals surface area contributed by atoms with Gasteiger partial charge in [-0.25, -0.2) is 14.8 Å². The van der Waals surface area contributed by atoms with Crippen molar-refractivity contribution in [2.24, 2.45) is 0 Å². The lowest BCUT2D eigenvalue weighted by molar-refractivity contribution is 0.0366. The molecule has 0 aromatic carbocycles. The molecule has 0 radical (unpaired) electrons. The first kappa shape index (κ1) is 15.9. The smallest absolute Gasteiger partial charge is 0.367 e. The summed E-state index contributed by atoms with van der Waals surface area (Å²) >= 11 is 1.12. The fraction of sp³-hybridized carbons (Fsp3) is 0.643. The summed E-state index contributed by atoms with van der Waals surface area (Å²) in [7, 11) is 0. The molecule has 1 N–H and O–H groups in total. The topological polar surface area (TPSA) is 71.5 Å². The molecule has 0 bridgehead atoms. The van der Waals surface area contributed by atoms with Gasteiger partial charge in [0.1, 0.15) is 5.69 Å². The van der Waals surface area contributed by atoms with Crippen molar-refractivity contribution >= 4 is 23.2 Å². The standard InChI is InChI=1S/C14H21N3O3S/c1-4-20-14(19)13-15-11(8-21-13)12(18)16-17-9(2)6-5-7-10(17)3/h8-10H,4-7H2,1-3H3,(H,16,18). The number of carbonyl (C=O) groups excluding carboxylic acids is 2. The Hall–Kier alpha value is -1.47. The molecule has 1 aliphatic heterocycles. The first-order valence-electron chi connectivity index (χ1n) is 7.25. The van der Waals surface area contributed by atoms with E-state index in [0.717, 1.165) is 24.2 Å². The largest absolute Gasteiger partial charge is 0.461 e. The van der Waals surface area contributed by atoms with Crippen molar-refractivity contribution in [1.82, 2.24) is 15.4 Å². The zero-order valence-corrected chi connectivity index (χ0v) is 13.4. The maximum atomic E-state index is 12.2. The van der Waals surface area contributed by atoms with Crippen molar-refractivity contribution in [2.75, 3.05) is 6.61 Å². The molecule has 0 aliphatic carbocycles. The Bertz CT molecular complexity index is 507. The van der Waals surface area contributed by atoms with Crippen molar-refractivity contribution in [3.63, 3.8) is 0 Å². The lowest BCUT2D eigenvalue weighted by Crippen LogP contribution is -2.54. The van der Waals surface area contributed by atoms with Gasteiger partial charge in [-0.05, 0) is 33.6 Å². The molecule has 1 aliphatic rings. The minimum Gasteiger partial charge on any atom is -0.461 e. The molecule has 2 unspecified atom stereocenters. The monoisotopic (exact) mass is 311 g/mol. The van der Waals surface area contributed by atoms with Gasteiger partial charge >= 0.3 is 5.97 Å². The Kier molecular flexibility index (Phi) is 5.30. The predicted molar refractivity (Wildman–Crippen MR) is 80.2 cm³/mol. The minimum atomic E-state index is -0.485. The van der Waals surface area contributed by atoms with Crippen molar-refractivity contribution in [3.05, 3.63) is 16.1 Å². The van der Waals surface area contributed by atoms with Gasteiger partial charge in [-0.2, -0.15) is 0 Å². The van der Waals surface area contributed by atoms with Crippen molar-refractivity contribution in [3.8, 4) is 0 Å². The van der Waals surface area contributed by atoms with Crippen LogP contribution in [0.3, 0.4) is 0 Å². The molecule has 1 fully saturated rings.